The van der Waals surface area contributed by atoms with Gasteiger partial charge in [0.05, 0.1) is 12.2 Å². The molecule has 0 unspecified atom stereocenters. The number of nitrogens with one attached hydrogen (secondary N) is 4. The predicted octanol–water partition coefficient (Wildman–Crippen LogP) is 2.69. The van der Waals surface area contributed by atoms with Crippen molar-refractivity contribution in [3.05, 3.63) is 82.3 Å². The third kappa shape index (κ3) is 4.30. The summed E-state index contributed by atoms with van der Waals surface area (Å²) < 4.78 is 0. The largest absolute Gasteiger partial charge is 0.395 e. The zero-order valence-electron chi connectivity index (χ0n) is 14.9. The van der Waals surface area contributed by atoms with Gasteiger partial charge in [-0.1, -0.05) is 18.2 Å². The minimum Gasteiger partial charge on any atom is -0.395 e. The number of H-pyrrole nitrogens is 1. The lowest BCUT2D eigenvalue weighted by Gasteiger charge is -2.06. The second kappa shape index (κ2) is 8.74. The van der Waals surface area contributed by atoms with Gasteiger partial charge >= 0.3 is 0 Å². The standard InChI is InChI=1S/C20H19N5O3/c21-25-18(16-11-14-3-1-2-4-17(14)24-20(16)28)12-23-15-7-5-13(6-8-15)19(27)22-9-10-26/h1-8,11-12,21,23,26H,9-10H2,(H,22,27)(H,24,28)/b18-12-,25-21?. The van der Waals surface area contributed by atoms with Crippen molar-refractivity contribution >= 4 is 28.2 Å². The van der Waals surface area contributed by atoms with Crippen LogP contribution in [0.3, 0.4) is 0 Å². The Morgan fingerprint density at radius 1 is 1.18 bits per heavy atom. The number of amides is 1. The maximum absolute atomic E-state index is 12.3. The van der Waals surface area contributed by atoms with E-state index in [1.54, 1.807) is 36.4 Å². The van der Waals surface area contributed by atoms with E-state index >= 15 is 0 Å². The molecule has 0 bridgehead atoms. The van der Waals surface area contributed by atoms with E-state index in [1.165, 1.54) is 6.20 Å². The maximum atomic E-state index is 12.3. The number of aromatic amines is 1. The van der Waals surface area contributed by atoms with Gasteiger partial charge in [-0.3, -0.25) is 9.59 Å². The van der Waals surface area contributed by atoms with Gasteiger partial charge in [-0.15, -0.1) is 0 Å². The molecule has 1 amide bonds. The van der Waals surface area contributed by atoms with Gasteiger partial charge in [-0.25, -0.2) is 5.53 Å². The third-order valence-electron chi connectivity index (χ3n) is 4.07. The van der Waals surface area contributed by atoms with Gasteiger partial charge in [0, 0.05) is 29.5 Å². The number of nitrogens with zero attached hydrogens (tertiary/aromatic N) is 1. The zero-order valence-corrected chi connectivity index (χ0v) is 14.9. The van der Waals surface area contributed by atoms with Crippen molar-refractivity contribution in [3.8, 4) is 0 Å². The number of rotatable bonds is 7. The molecule has 0 radical (unpaired) electrons. The highest BCUT2D eigenvalue weighted by atomic mass is 16.3. The molecule has 0 atom stereocenters. The third-order valence-corrected chi connectivity index (χ3v) is 4.07. The molecule has 0 aliphatic heterocycles. The number of anilines is 1. The van der Waals surface area contributed by atoms with E-state index in [0.29, 0.717) is 16.8 Å². The molecule has 0 spiro atoms. The summed E-state index contributed by atoms with van der Waals surface area (Å²) in [6, 6.07) is 15.7. The number of para-hydroxylation sites is 1. The van der Waals surface area contributed by atoms with Crippen molar-refractivity contribution in [3.63, 3.8) is 0 Å². The Hall–Kier alpha value is -3.78. The van der Waals surface area contributed by atoms with Crippen LogP contribution in [0.15, 0.2) is 70.7 Å². The molecule has 3 rings (SSSR count). The highest BCUT2D eigenvalue weighted by Crippen LogP contribution is 2.18. The number of aliphatic hydroxyl groups is 1. The number of aromatic nitrogens is 1. The summed E-state index contributed by atoms with van der Waals surface area (Å²) >= 11 is 0. The average Bonchev–Trinajstić information content (AvgIpc) is 2.73. The fraction of sp³-hybridized carbons (Fsp3) is 0.100. The lowest BCUT2D eigenvalue weighted by molar-refractivity contribution is 0.0945. The topological polar surface area (TPSA) is 130 Å². The molecule has 0 fully saturated rings. The molecule has 8 nitrogen and oxygen atoms in total. The first-order valence-electron chi connectivity index (χ1n) is 8.58. The maximum Gasteiger partial charge on any atom is 0.258 e. The van der Waals surface area contributed by atoms with Crippen LogP contribution in [0.4, 0.5) is 5.69 Å². The average molecular weight is 377 g/mol. The molecule has 0 saturated heterocycles. The van der Waals surface area contributed by atoms with E-state index in [4.69, 9.17) is 10.6 Å². The molecule has 5 N–H and O–H groups in total. The van der Waals surface area contributed by atoms with E-state index in [-0.39, 0.29) is 35.9 Å². The van der Waals surface area contributed by atoms with Gasteiger partial charge in [0.1, 0.15) is 5.70 Å². The van der Waals surface area contributed by atoms with Crippen molar-refractivity contribution in [2.24, 2.45) is 5.11 Å². The number of benzene rings is 2. The Labute approximate surface area is 160 Å². The van der Waals surface area contributed by atoms with Crippen molar-refractivity contribution in [2.45, 2.75) is 0 Å². The van der Waals surface area contributed by atoms with Gasteiger partial charge in [0.25, 0.3) is 11.5 Å². The second-order valence-electron chi connectivity index (χ2n) is 5.94. The summed E-state index contributed by atoms with van der Waals surface area (Å²) in [6.45, 7) is 0.0692. The lowest BCUT2D eigenvalue weighted by Crippen LogP contribution is -2.26. The fourth-order valence-electron chi connectivity index (χ4n) is 2.65. The molecule has 1 aromatic heterocycles. The molecule has 1 heterocycles. The highest BCUT2D eigenvalue weighted by Gasteiger charge is 2.08. The first kappa shape index (κ1) is 19.0. The molecule has 0 saturated carbocycles. The predicted molar refractivity (Wildman–Crippen MR) is 107 cm³/mol. The van der Waals surface area contributed by atoms with E-state index in [1.807, 2.05) is 18.2 Å². The number of aliphatic hydroxyl groups excluding tert-OH is 1. The molecule has 8 heteroatoms. The van der Waals surface area contributed by atoms with Crippen LogP contribution >= 0.6 is 0 Å². The minimum absolute atomic E-state index is 0.122. The number of carbonyl (C=O) groups excluding carboxylic acids is 1. The number of pyridine rings is 1. The molecule has 0 aliphatic carbocycles. The van der Waals surface area contributed by atoms with Crippen LogP contribution in [0.2, 0.25) is 0 Å². The lowest BCUT2D eigenvalue weighted by atomic mass is 10.1. The molecule has 0 aliphatic rings. The summed E-state index contributed by atoms with van der Waals surface area (Å²) in [5.74, 6) is -0.277. The quantitative estimate of drug-likeness (QED) is 0.405. The van der Waals surface area contributed by atoms with E-state index in [2.05, 4.69) is 20.7 Å². The molecule has 3 aromatic rings. The van der Waals surface area contributed by atoms with E-state index in [9.17, 15) is 9.59 Å². The smallest absolute Gasteiger partial charge is 0.258 e. The van der Waals surface area contributed by atoms with Crippen molar-refractivity contribution in [1.29, 1.82) is 5.53 Å². The number of hydrogen-bond donors (Lipinski definition) is 5. The second-order valence-corrected chi connectivity index (χ2v) is 5.94. The first-order chi connectivity index (χ1) is 13.6. The summed E-state index contributed by atoms with van der Waals surface area (Å²) in [5, 5.41) is 18.6. The van der Waals surface area contributed by atoms with Gasteiger partial charge in [0.15, 0.2) is 0 Å². The van der Waals surface area contributed by atoms with E-state index in [0.717, 1.165) is 5.39 Å². The normalized spacial score (nSPS) is 11.2. The highest BCUT2D eigenvalue weighted by molar-refractivity contribution is 5.94. The fourth-order valence-corrected chi connectivity index (χ4v) is 2.65. The number of carbonyl (C=O) groups is 1. The van der Waals surface area contributed by atoms with Crippen molar-refractivity contribution in [2.75, 3.05) is 18.5 Å². The molecule has 28 heavy (non-hydrogen) atoms. The van der Waals surface area contributed by atoms with Gasteiger partial charge < -0.3 is 20.7 Å². The Kier molecular flexibility index (Phi) is 5.93. The summed E-state index contributed by atoms with van der Waals surface area (Å²) in [7, 11) is 0. The van der Waals surface area contributed by atoms with Crippen LogP contribution in [0.1, 0.15) is 15.9 Å². The minimum atomic E-state index is -0.335. The van der Waals surface area contributed by atoms with Crippen LogP contribution in [0, 0.1) is 5.53 Å². The summed E-state index contributed by atoms with van der Waals surface area (Å²) in [6.07, 6.45) is 1.47. The van der Waals surface area contributed by atoms with Crippen molar-refractivity contribution < 1.29 is 9.90 Å². The summed E-state index contributed by atoms with van der Waals surface area (Å²) in [5.41, 5.74) is 9.37. The monoisotopic (exact) mass is 377 g/mol. The Morgan fingerprint density at radius 3 is 2.64 bits per heavy atom. The molecular weight excluding hydrogens is 358 g/mol. The van der Waals surface area contributed by atoms with Crippen LogP contribution in [-0.2, 0) is 0 Å². The van der Waals surface area contributed by atoms with Crippen LogP contribution in [0.25, 0.3) is 16.6 Å². The van der Waals surface area contributed by atoms with Gasteiger partial charge in [-0.05, 0) is 41.8 Å². The Balaban J connectivity index is 1.80. The van der Waals surface area contributed by atoms with Gasteiger partial charge in [-0.2, -0.15) is 5.11 Å². The number of fused-ring (bicyclic) bond motifs is 1. The summed E-state index contributed by atoms with van der Waals surface area (Å²) in [4.78, 5) is 26.9. The molecule has 142 valence electrons. The van der Waals surface area contributed by atoms with Crippen molar-refractivity contribution in [1.82, 2.24) is 10.3 Å². The van der Waals surface area contributed by atoms with E-state index < -0.39 is 0 Å². The van der Waals surface area contributed by atoms with Crippen LogP contribution < -0.4 is 16.2 Å². The Morgan fingerprint density at radius 2 is 1.93 bits per heavy atom. The SMILES string of the molecule is N=N/C(=C\Nc1ccc(C(=O)NCCO)cc1)c1cc2ccccc2[nH]c1=O. The zero-order chi connectivity index (χ0) is 19.9. The first-order valence-corrected chi connectivity index (χ1v) is 8.58. The van der Waals surface area contributed by atoms with Crippen LogP contribution in [-0.4, -0.2) is 29.1 Å². The van der Waals surface area contributed by atoms with Crippen LogP contribution in [0.5, 0.6) is 0 Å². The van der Waals surface area contributed by atoms with Gasteiger partial charge in [0.2, 0.25) is 0 Å². The Bertz CT molecular complexity index is 1090. The number of hydrogen-bond acceptors (Lipinski definition) is 6. The molecule has 2 aromatic carbocycles. The molecular formula is C20H19N5O3.